The van der Waals surface area contributed by atoms with E-state index in [-0.39, 0.29) is 22.0 Å². The number of sulfonamides is 1. The molecule has 0 radical (unpaired) electrons. The number of anilines is 2. The van der Waals surface area contributed by atoms with Crippen molar-refractivity contribution in [3.05, 3.63) is 72.2 Å². The maximum absolute atomic E-state index is 13.5. The number of hydrogen-bond donors (Lipinski definition) is 2. The molecule has 8 nitrogen and oxygen atoms in total. The van der Waals surface area contributed by atoms with Crippen LogP contribution in [0.4, 0.5) is 24.7 Å². The van der Waals surface area contributed by atoms with E-state index in [0.717, 1.165) is 6.07 Å². The second kappa shape index (κ2) is 9.93. The number of aliphatic hydroxyl groups excluding tert-OH is 1. The zero-order valence-electron chi connectivity index (χ0n) is 21.1. The largest absolute Gasteiger partial charge is 0.418 e. The van der Waals surface area contributed by atoms with E-state index in [2.05, 4.69) is 20.3 Å². The van der Waals surface area contributed by atoms with Crippen molar-refractivity contribution in [2.75, 3.05) is 12.4 Å². The van der Waals surface area contributed by atoms with Gasteiger partial charge in [0.15, 0.2) is 5.82 Å². The Morgan fingerprint density at radius 1 is 1.00 bits per heavy atom. The fourth-order valence-corrected chi connectivity index (χ4v) is 5.24. The standard InChI is InChI=1S/C26H26F3N5O3S/c1-25(2,3)34(4)38(36,37)18-10-8-17(9-11-18)31-24-19-12-7-16(14-21(19)32-22(15-35)33-24)23-20(26(27,28)29)6-5-13-30-23/h5-14,35H,15H2,1-4H3,(H,31,32,33). The molecule has 4 rings (SSSR count). The smallest absolute Gasteiger partial charge is 0.388 e. The van der Waals surface area contributed by atoms with E-state index in [1.54, 1.807) is 39.0 Å². The fourth-order valence-electron chi connectivity index (χ4n) is 3.72. The molecule has 0 bridgehead atoms. The number of nitrogens with one attached hydrogen (secondary N) is 1. The van der Waals surface area contributed by atoms with Gasteiger partial charge >= 0.3 is 6.18 Å². The van der Waals surface area contributed by atoms with Gasteiger partial charge in [0.1, 0.15) is 12.4 Å². The average Bonchev–Trinajstić information content (AvgIpc) is 2.87. The summed E-state index contributed by atoms with van der Waals surface area (Å²) < 4.78 is 67.7. The van der Waals surface area contributed by atoms with Gasteiger partial charge in [-0.1, -0.05) is 6.07 Å². The Labute approximate surface area is 218 Å². The van der Waals surface area contributed by atoms with Crippen molar-refractivity contribution in [2.45, 2.75) is 44.0 Å². The Morgan fingerprint density at radius 3 is 2.29 bits per heavy atom. The second-order valence-corrected chi connectivity index (χ2v) is 11.5. The normalized spacial score (nSPS) is 12.8. The lowest BCUT2D eigenvalue weighted by Gasteiger charge is -2.30. The molecule has 0 amide bonds. The van der Waals surface area contributed by atoms with Crippen LogP contribution in [0.25, 0.3) is 22.2 Å². The Bertz CT molecular complexity index is 1590. The molecule has 0 aliphatic heterocycles. The van der Waals surface area contributed by atoms with Gasteiger partial charge in [-0.2, -0.15) is 17.5 Å². The van der Waals surface area contributed by atoms with Crippen LogP contribution >= 0.6 is 0 Å². The quantitative estimate of drug-likeness (QED) is 0.336. The molecule has 38 heavy (non-hydrogen) atoms. The molecule has 2 N–H and O–H groups in total. The number of benzene rings is 2. The molecule has 2 aromatic heterocycles. The van der Waals surface area contributed by atoms with Crippen LogP contribution in [0.15, 0.2) is 65.7 Å². The van der Waals surface area contributed by atoms with E-state index >= 15 is 0 Å². The molecule has 12 heteroatoms. The van der Waals surface area contributed by atoms with Crippen molar-refractivity contribution in [2.24, 2.45) is 0 Å². The number of pyridine rings is 1. The molecular formula is C26H26F3N5O3S. The summed E-state index contributed by atoms with van der Waals surface area (Å²) >= 11 is 0. The first-order valence-electron chi connectivity index (χ1n) is 11.5. The SMILES string of the molecule is CN(C(C)(C)C)S(=O)(=O)c1ccc(Nc2nc(CO)nc3cc(-c4ncccc4C(F)(F)F)ccc23)cc1. The summed E-state index contributed by atoms with van der Waals surface area (Å²) in [6, 6.07) is 12.8. The third-order valence-electron chi connectivity index (χ3n) is 5.99. The number of halogens is 3. The monoisotopic (exact) mass is 545 g/mol. The van der Waals surface area contributed by atoms with E-state index in [4.69, 9.17) is 0 Å². The molecule has 0 atom stereocenters. The number of rotatable bonds is 6. The van der Waals surface area contributed by atoms with Crippen molar-refractivity contribution >= 4 is 32.4 Å². The van der Waals surface area contributed by atoms with E-state index in [1.165, 1.54) is 47.9 Å². The highest BCUT2D eigenvalue weighted by Gasteiger charge is 2.34. The number of fused-ring (bicyclic) bond motifs is 1. The Kier molecular flexibility index (Phi) is 7.17. The minimum Gasteiger partial charge on any atom is -0.388 e. The topological polar surface area (TPSA) is 108 Å². The Morgan fingerprint density at radius 2 is 1.68 bits per heavy atom. The third-order valence-corrected chi connectivity index (χ3v) is 8.13. The minimum absolute atomic E-state index is 0.0558. The van der Waals surface area contributed by atoms with E-state index < -0.39 is 33.9 Å². The molecule has 200 valence electrons. The lowest BCUT2D eigenvalue weighted by Crippen LogP contribution is -2.42. The summed E-state index contributed by atoms with van der Waals surface area (Å²) in [6.07, 6.45) is -3.31. The number of aromatic nitrogens is 3. The minimum atomic E-state index is -4.59. The summed E-state index contributed by atoms with van der Waals surface area (Å²) in [7, 11) is -2.20. The lowest BCUT2D eigenvalue weighted by molar-refractivity contribution is -0.137. The van der Waals surface area contributed by atoms with E-state index in [9.17, 15) is 26.7 Å². The highest BCUT2D eigenvalue weighted by molar-refractivity contribution is 7.89. The molecular weight excluding hydrogens is 519 g/mol. The lowest BCUT2D eigenvalue weighted by atomic mass is 10.0. The summed E-state index contributed by atoms with van der Waals surface area (Å²) in [5.74, 6) is 0.352. The Hall–Kier alpha value is -3.61. The van der Waals surface area contributed by atoms with Crippen molar-refractivity contribution in [1.82, 2.24) is 19.3 Å². The molecule has 0 saturated carbocycles. The molecule has 0 aliphatic carbocycles. The number of alkyl halides is 3. The van der Waals surface area contributed by atoms with E-state index in [0.29, 0.717) is 22.4 Å². The molecule has 0 aliphatic rings. The summed E-state index contributed by atoms with van der Waals surface area (Å²) in [5, 5.41) is 13.3. The highest BCUT2D eigenvalue weighted by Crippen LogP contribution is 2.37. The zero-order valence-corrected chi connectivity index (χ0v) is 21.9. The van der Waals surface area contributed by atoms with Gasteiger partial charge in [0.2, 0.25) is 10.0 Å². The van der Waals surface area contributed by atoms with Crippen LogP contribution in [0.1, 0.15) is 32.2 Å². The highest BCUT2D eigenvalue weighted by atomic mass is 32.2. The van der Waals surface area contributed by atoms with Crippen LogP contribution in [-0.2, 0) is 22.8 Å². The number of hydrogen-bond acceptors (Lipinski definition) is 7. The van der Waals surface area contributed by atoms with Crippen molar-refractivity contribution < 1.29 is 26.7 Å². The van der Waals surface area contributed by atoms with Crippen LogP contribution in [0, 0.1) is 0 Å². The van der Waals surface area contributed by atoms with Gasteiger partial charge in [-0.15, -0.1) is 0 Å². The van der Waals surface area contributed by atoms with Crippen LogP contribution < -0.4 is 5.32 Å². The molecule has 0 unspecified atom stereocenters. The van der Waals surface area contributed by atoms with Gasteiger partial charge in [-0.3, -0.25) is 4.98 Å². The number of aliphatic hydroxyl groups is 1. The van der Waals surface area contributed by atoms with Gasteiger partial charge in [0.05, 0.1) is 21.7 Å². The summed E-state index contributed by atoms with van der Waals surface area (Å²) in [4.78, 5) is 12.6. The second-order valence-electron chi connectivity index (χ2n) is 9.57. The van der Waals surface area contributed by atoms with Crippen molar-refractivity contribution in [3.8, 4) is 11.3 Å². The molecule has 4 aromatic rings. The van der Waals surface area contributed by atoms with Crippen LogP contribution in [0.3, 0.4) is 0 Å². The average molecular weight is 546 g/mol. The summed E-state index contributed by atoms with van der Waals surface area (Å²) in [5.41, 5.74) is -0.700. The fraction of sp³-hybridized carbons (Fsp3) is 0.269. The van der Waals surface area contributed by atoms with E-state index in [1.807, 2.05) is 0 Å². The maximum atomic E-state index is 13.5. The molecule has 2 aromatic carbocycles. The number of nitrogens with zero attached hydrogens (tertiary/aromatic N) is 4. The van der Waals surface area contributed by atoms with Crippen LogP contribution in [0.2, 0.25) is 0 Å². The first-order chi connectivity index (χ1) is 17.7. The molecule has 0 spiro atoms. The Balaban J connectivity index is 1.72. The van der Waals surface area contributed by atoms with Gasteiger partial charge < -0.3 is 10.4 Å². The van der Waals surface area contributed by atoms with Gasteiger partial charge in [0.25, 0.3) is 0 Å². The first-order valence-corrected chi connectivity index (χ1v) is 13.0. The predicted molar refractivity (Wildman–Crippen MR) is 138 cm³/mol. The van der Waals surface area contributed by atoms with Crippen LogP contribution in [-0.4, -0.2) is 45.4 Å². The summed E-state index contributed by atoms with van der Waals surface area (Å²) in [6.45, 7) is 4.89. The molecule has 0 fully saturated rings. The van der Waals surface area contributed by atoms with Crippen LogP contribution in [0.5, 0.6) is 0 Å². The molecule has 2 heterocycles. The van der Waals surface area contributed by atoms with Gasteiger partial charge in [-0.05, 0) is 69.3 Å². The zero-order chi connectivity index (χ0) is 27.9. The third kappa shape index (κ3) is 5.47. The van der Waals surface area contributed by atoms with Gasteiger partial charge in [0, 0.05) is 35.4 Å². The van der Waals surface area contributed by atoms with Crippen molar-refractivity contribution in [3.63, 3.8) is 0 Å². The maximum Gasteiger partial charge on any atom is 0.418 e. The molecule has 0 saturated heterocycles. The first kappa shape index (κ1) is 27.4. The van der Waals surface area contributed by atoms with Crippen molar-refractivity contribution in [1.29, 1.82) is 0 Å². The predicted octanol–water partition coefficient (Wildman–Crippen LogP) is 5.37. The van der Waals surface area contributed by atoms with Gasteiger partial charge in [-0.25, -0.2) is 18.4 Å².